The average molecular weight is 277 g/mol. The number of fused-ring (bicyclic) bond motifs is 1. The molecule has 5 nitrogen and oxygen atoms in total. The van der Waals surface area contributed by atoms with Gasteiger partial charge in [0.05, 0.1) is 16.8 Å². The van der Waals surface area contributed by atoms with Gasteiger partial charge in [-0.05, 0) is 29.4 Å². The highest BCUT2D eigenvalue weighted by Gasteiger charge is 2.13. The lowest BCUT2D eigenvalue weighted by Gasteiger charge is -2.08. The minimum atomic E-state index is -0.386. The summed E-state index contributed by atoms with van der Waals surface area (Å²) in [5.74, 6) is -0.386. The van der Waals surface area contributed by atoms with Gasteiger partial charge in [-0.2, -0.15) is 0 Å². The number of hydrogen-bond acceptors (Lipinski definition) is 4. The van der Waals surface area contributed by atoms with Gasteiger partial charge < -0.3 is 5.32 Å². The normalized spacial score (nSPS) is 10.3. The Labute approximate surface area is 120 Å². The topological polar surface area (TPSA) is 71.4 Å². The van der Waals surface area contributed by atoms with Crippen molar-refractivity contribution in [2.75, 3.05) is 5.32 Å². The predicted molar refractivity (Wildman–Crippen MR) is 81.6 cm³/mol. The monoisotopic (exact) mass is 277 g/mol. The van der Waals surface area contributed by atoms with Crippen molar-refractivity contribution in [3.63, 3.8) is 0 Å². The minimum absolute atomic E-state index is 0.114. The summed E-state index contributed by atoms with van der Waals surface area (Å²) in [4.78, 5) is 27.3. The number of nitrogens with zero attached hydrogens (tertiary/aromatic N) is 2. The van der Waals surface area contributed by atoms with Crippen molar-refractivity contribution in [3.05, 3.63) is 71.3 Å². The number of para-hydroxylation sites is 1. The number of amides is 1. The van der Waals surface area contributed by atoms with Crippen LogP contribution in [-0.4, -0.2) is 10.9 Å². The summed E-state index contributed by atoms with van der Waals surface area (Å²) >= 11 is 0. The third-order valence-corrected chi connectivity index (χ3v) is 3.13. The number of nitroso groups, excluding NO2 is 1. The third-order valence-electron chi connectivity index (χ3n) is 3.13. The number of aromatic nitrogens is 1. The van der Waals surface area contributed by atoms with Crippen molar-refractivity contribution in [1.82, 2.24) is 4.98 Å². The molecular weight excluding hydrogens is 266 g/mol. The molecule has 0 bridgehead atoms. The van der Waals surface area contributed by atoms with Crippen LogP contribution < -0.4 is 5.32 Å². The summed E-state index contributed by atoms with van der Waals surface area (Å²) in [5.41, 5.74) is 1.65. The molecule has 21 heavy (non-hydrogen) atoms. The van der Waals surface area contributed by atoms with Gasteiger partial charge in [0.1, 0.15) is 5.69 Å². The van der Waals surface area contributed by atoms with E-state index in [9.17, 15) is 9.70 Å². The molecule has 3 aromatic rings. The fourth-order valence-corrected chi connectivity index (χ4v) is 2.14. The first-order valence-corrected chi connectivity index (χ1v) is 6.37. The van der Waals surface area contributed by atoms with Gasteiger partial charge in [-0.1, -0.05) is 30.3 Å². The lowest BCUT2D eigenvalue weighted by molar-refractivity contribution is 0.102. The Hall–Kier alpha value is -3.08. The third kappa shape index (κ3) is 2.49. The van der Waals surface area contributed by atoms with Gasteiger partial charge in [0.2, 0.25) is 0 Å². The van der Waals surface area contributed by atoms with Gasteiger partial charge in [-0.3, -0.25) is 9.78 Å². The van der Waals surface area contributed by atoms with Crippen LogP contribution in [0.3, 0.4) is 0 Å². The van der Waals surface area contributed by atoms with E-state index in [0.717, 1.165) is 5.39 Å². The summed E-state index contributed by atoms with van der Waals surface area (Å²) in [5, 5.41) is 6.57. The van der Waals surface area contributed by atoms with Crippen LogP contribution in [0.1, 0.15) is 10.4 Å². The van der Waals surface area contributed by atoms with Crippen molar-refractivity contribution in [1.29, 1.82) is 0 Å². The molecule has 1 aromatic heterocycles. The van der Waals surface area contributed by atoms with E-state index >= 15 is 0 Å². The van der Waals surface area contributed by atoms with Crippen LogP contribution in [0, 0.1) is 4.91 Å². The second-order valence-corrected chi connectivity index (χ2v) is 4.44. The molecule has 0 aliphatic carbocycles. The number of carbonyl (C=O) groups excluding carboxylic acids is 1. The Morgan fingerprint density at radius 3 is 2.67 bits per heavy atom. The standard InChI is InChI=1S/C16H11N3O2/c20-16(12-7-1-2-8-13(12)19-21)18-14-9-3-5-11-6-4-10-17-15(11)14/h1-10H,(H,18,20). The molecule has 0 saturated carbocycles. The number of anilines is 1. The van der Waals surface area contributed by atoms with E-state index in [2.05, 4.69) is 15.5 Å². The Morgan fingerprint density at radius 1 is 1.00 bits per heavy atom. The zero-order chi connectivity index (χ0) is 14.7. The van der Waals surface area contributed by atoms with Crippen LogP contribution in [0.5, 0.6) is 0 Å². The highest BCUT2D eigenvalue weighted by molar-refractivity contribution is 6.10. The lowest BCUT2D eigenvalue weighted by atomic mass is 10.1. The number of nitrogens with one attached hydrogen (secondary N) is 1. The maximum absolute atomic E-state index is 12.3. The Bertz CT molecular complexity index is 825. The molecule has 0 radical (unpaired) electrons. The molecule has 5 heteroatoms. The molecule has 1 heterocycles. The molecule has 2 aromatic carbocycles. The summed E-state index contributed by atoms with van der Waals surface area (Å²) in [6, 6.07) is 15.7. The maximum atomic E-state index is 12.3. The quantitative estimate of drug-likeness (QED) is 0.738. The van der Waals surface area contributed by atoms with E-state index in [-0.39, 0.29) is 17.2 Å². The van der Waals surface area contributed by atoms with Gasteiger partial charge in [-0.25, -0.2) is 0 Å². The summed E-state index contributed by atoms with van der Waals surface area (Å²) in [7, 11) is 0. The molecule has 0 unspecified atom stereocenters. The molecule has 0 atom stereocenters. The number of rotatable bonds is 3. The van der Waals surface area contributed by atoms with Crippen molar-refractivity contribution >= 4 is 28.2 Å². The number of benzene rings is 2. The van der Waals surface area contributed by atoms with E-state index < -0.39 is 0 Å². The van der Waals surface area contributed by atoms with Gasteiger partial charge in [0.25, 0.3) is 5.91 Å². The number of carbonyl (C=O) groups is 1. The van der Waals surface area contributed by atoms with Gasteiger partial charge in [0, 0.05) is 11.6 Å². The second-order valence-electron chi connectivity index (χ2n) is 4.44. The van der Waals surface area contributed by atoms with Crippen LogP contribution in [-0.2, 0) is 0 Å². The fourth-order valence-electron chi connectivity index (χ4n) is 2.14. The van der Waals surface area contributed by atoms with Gasteiger partial charge in [-0.15, -0.1) is 4.91 Å². The van der Waals surface area contributed by atoms with Gasteiger partial charge in [0.15, 0.2) is 0 Å². The van der Waals surface area contributed by atoms with Crippen LogP contribution in [0.15, 0.2) is 66.0 Å². The first-order valence-electron chi connectivity index (χ1n) is 6.37. The summed E-state index contributed by atoms with van der Waals surface area (Å²) in [6.07, 6.45) is 1.67. The number of pyridine rings is 1. The maximum Gasteiger partial charge on any atom is 0.258 e. The van der Waals surface area contributed by atoms with E-state index in [0.29, 0.717) is 11.2 Å². The molecule has 1 amide bonds. The smallest absolute Gasteiger partial charge is 0.258 e. The lowest BCUT2D eigenvalue weighted by Crippen LogP contribution is -2.12. The molecule has 0 spiro atoms. The predicted octanol–water partition coefficient (Wildman–Crippen LogP) is 3.89. The van der Waals surface area contributed by atoms with E-state index in [4.69, 9.17) is 0 Å². The van der Waals surface area contributed by atoms with Crippen LogP contribution >= 0.6 is 0 Å². The van der Waals surface area contributed by atoms with Crippen LogP contribution in [0.4, 0.5) is 11.4 Å². The first kappa shape index (κ1) is 12.9. The van der Waals surface area contributed by atoms with E-state index in [1.54, 1.807) is 30.5 Å². The highest BCUT2D eigenvalue weighted by atomic mass is 16.3. The Morgan fingerprint density at radius 2 is 1.81 bits per heavy atom. The van der Waals surface area contributed by atoms with Crippen molar-refractivity contribution in [3.8, 4) is 0 Å². The van der Waals surface area contributed by atoms with Gasteiger partial charge >= 0.3 is 0 Å². The molecular formula is C16H11N3O2. The molecule has 0 aliphatic heterocycles. The molecule has 3 rings (SSSR count). The Balaban J connectivity index is 1.99. The minimum Gasteiger partial charge on any atom is -0.320 e. The van der Waals surface area contributed by atoms with E-state index in [1.807, 2.05) is 24.3 Å². The molecule has 0 aliphatic rings. The summed E-state index contributed by atoms with van der Waals surface area (Å²) < 4.78 is 0. The average Bonchev–Trinajstić information content (AvgIpc) is 2.55. The highest BCUT2D eigenvalue weighted by Crippen LogP contribution is 2.23. The number of hydrogen-bond donors (Lipinski definition) is 1. The largest absolute Gasteiger partial charge is 0.320 e. The zero-order valence-electron chi connectivity index (χ0n) is 11.0. The summed E-state index contributed by atoms with van der Waals surface area (Å²) in [6.45, 7) is 0. The van der Waals surface area contributed by atoms with Crippen LogP contribution in [0.25, 0.3) is 10.9 Å². The zero-order valence-corrected chi connectivity index (χ0v) is 11.0. The molecule has 0 fully saturated rings. The van der Waals surface area contributed by atoms with Crippen LogP contribution in [0.2, 0.25) is 0 Å². The van der Waals surface area contributed by atoms with Crippen molar-refractivity contribution < 1.29 is 4.79 Å². The molecule has 0 saturated heterocycles. The second kappa shape index (κ2) is 5.50. The Kier molecular flexibility index (Phi) is 3.39. The SMILES string of the molecule is O=Nc1ccccc1C(=O)Nc1cccc2cccnc12. The van der Waals surface area contributed by atoms with Crippen molar-refractivity contribution in [2.24, 2.45) is 5.18 Å². The van der Waals surface area contributed by atoms with Crippen molar-refractivity contribution in [2.45, 2.75) is 0 Å². The molecule has 102 valence electrons. The first-order chi connectivity index (χ1) is 10.3. The fraction of sp³-hybridized carbons (Fsp3) is 0. The van der Waals surface area contributed by atoms with E-state index in [1.165, 1.54) is 6.07 Å². The molecule has 1 N–H and O–H groups in total.